The highest BCUT2D eigenvalue weighted by molar-refractivity contribution is 9.09. The highest BCUT2D eigenvalue weighted by atomic mass is 79.9. The Morgan fingerprint density at radius 3 is 2.80 bits per heavy atom. The van der Waals surface area contributed by atoms with Gasteiger partial charge in [-0.1, -0.05) is 35.7 Å². The van der Waals surface area contributed by atoms with Gasteiger partial charge in [-0.2, -0.15) is 0 Å². The first-order valence-electron chi connectivity index (χ1n) is 6.16. The molecule has 1 aliphatic carbocycles. The maximum absolute atomic E-state index is 6.03. The summed E-state index contributed by atoms with van der Waals surface area (Å²) in [6.07, 6.45) is 7.53. The molecule has 0 amide bonds. The average Bonchev–Trinajstić information content (AvgIpc) is 2.59. The Hall–Kier alpha value is 0.400. The second-order valence-electron chi connectivity index (χ2n) is 4.86. The molecule has 2 nitrogen and oxygen atoms in total. The molecule has 0 bridgehead atoms. The Kier molecular flexibility index (Phi) is 4.08. The SMILES string of the molecule is CCCCC1COC2(CC(CCBr)C2)O1. The number of alkyl halides is 1. The van der Waals surface area contributed by atoms with Gasteiger partial charge >= 0.3 is 0 Å². The van der Waals surface area contributed by atoms with Crippen molar-refractivity contribution in [1.29, 1.82) is 0 Å². The summed E-state index contributed by atoms with van der Waals surface area (Å²) in [4.78, 5) is 0. The Morgan fingerprint density at radius 2 is 2.13 bits per heavy atom. The van der Waals surface area contributed by atoms with E-state index in [1.54, 1.807) is 0 Å². The molecule has 1 saturated carbocycles. The van der Waals surface area contributed by atoms with Crippen molar-refractivity contribution in [1.82, 2.24) is 0 Å². The summed E-state index contributed by atoms with van der Waals surface area (Å²) < 4.78 is 11.9. The fourth-order valence-corrected chi connectivity index (χ4v) is 3.23. The van der Waals surface area contributed by atoms with Gasteiger partial charge in [-0.05, 0) is 18.8 Å². The molecule has 15 heavy (non-hydrogen) atoms. The van der Waals surface area contributed by atoms with Crippen LogP contribution in [0, 0.1) is 5.92 Å². The summed E-state index contributed by atoms with van der Waals surface area (Å²) in [5, 5.41) is 1.10. The lowest BCUT2D eigenvalue weighted by molar-refractivity contribution is -0.239. The van der Waals surface area contributed by atoms with Crippen molar-refractivity contribution >= 4 is 15.9 Å². The van der Waals surface area contributed by atoms with Crippen LogP contribution in [0.4, 0.5) is 0 Å². The second kappa shape index (κ2) is 5.15. The minimum Gasteiger partial charge on any atom is -0.347 e. The van der Waals surface area contributed by atoms with Gasteiger partial charge in [0.05, 0.1) is 12.7 Å². The molecule has 1 unspecified atom stereocenters. The van der Waals surface area contributed by atoms with Gasteiger partial charge in [-0.3, -0.25) is 0 Å². The van der Waals surface area contributed by atoms with E-state index in [0.717, 1.165) is 30.7 Å². The largest absolute Gasteiger partial charge is 0.347 e. The summed E-state index contributed by atoms with van der Waals surface area (Å²) in [6, 6.07) is 0. The summed E-state index contributed by atoms with van der Waals surface area (Å²) in [5.41, 5.74) is 0. The van der Waals surface area contributed by atoms with E-state index in [-0.39, 0.29) is 5.79 Å². The van der Waals surface area contributed by atoms with E-state index in [9.17, 15) is 0 Å². The van der Waals surface area contributed by atoms with E-state index in [1.807, 2.05) is 0 Å². The molecule has 0 radical (unpaired) electrons. The molecule has 0 aromatic rings. The number of hydrogen-bond donors (Lipinski definition) is 0. The summed E-state index contributed by atoms with van der Waals surface area (Å²) >= 11 is 3.49. The molecule has 2 aliphatic rings. The Bertz CT molecular complexity index is 202. The lowest BCUT2D eigenvalue weighted by Gasteiger charge is -2.43. The first-order chi connectivity index (χ1) is 7.28. The zero-order valence-electron chi connectivity index (χ0n) is 9.51. The van der Waals surface area contributed by atoms with Crippen LogP contribution < -0.4 is 0 Å². The number of rotatable bonds is 5. The van der Waals surface area contributed by atoms with Crippen molar-refractivity contribution in [3.63, 3.8) is 0 Å². The lowest BCUT2D eigenvalue weighted by Crippen LogP contribution is -2.45. The van der Waals surface area contributed by atoms with Gasteiger partial charge in [-0.15, -0.1) is 0 Å². The highest BCUT2D eigenvalue weighted by Crippen LogP contribution is 2.47. The van der Waals surface area contributed by atoms with Crippen molar-refractivity contribution in [2.24, 2.45) is 5.92 Å². The molecular formula is C12H21BrO2. The minimum absolute atomic E-state index is 0.161. The minimum atomic E-state index is -0.161. The van der Waals surface area contributed by atoms with Crippen LogP contribution >= 0.6 is 15.9 Å². The van der Waals surface area contributed by atoms with Gasteiger partial charge in [0.1, 0.15) is 0 Å². The summed E-state index contributed by atoms with van der Waals surface area (Å²) in [6.45, 7) is 3.04. The standard InChI is InChI=1S/C12H21BrO2/c1-2-3-4-11-9-14-12(15-11)7-10(8-12)5-6-13/h10-11H,2-9H2,1H3. The van der Waals surface area contributed by atoms with E-state index >= 15 is 0 Å². The van der Waals surface area contributed by atoms with Crippen molar-refractivity contribution in [2.75, 3.05) is 11.9 Å². The highest BCUT2D eigenvalue weighted by Gasteiger charge is 2.51. The molecule has 0 aromatic carbocycles. The third-order valence-corrected chi connectivity index (χ3v) is 3.97. The maximum Gasteiger partial charge on any atom is 0.169 e. The molecule has 1 heterocycles. The van der Waals surface area contributed by atoms with Crippen LogP contribution in [-0.2, 0) is 9.47 Å². The first-order valence-corrected chi connectivity index (χ1v) is 7.28. The number of ether oxygens (including phenoxy) is 2. The maximum atomic E-state index is 6.03. The smallest absolute Gasteiger partial charge is 0.169 e. The van der Waals surface area contributed by atoms with E-state index < -0.39 is 0 Å². The molecule has 3 heteroatoms. The van der Waals surface area contributed by atoms with Crippen LogP contribution in [0.1, 0.15) is 45.4 Å². The number of halogens is 1. The van der Waals surface area contributed by atoms with Crippen molar-refractivity contribution < 1.29 is 9.47 Å². The normalized spacial score (nSPS) is 39.6. The molecule has 1 aliphatic heterocycles. The van der Waals surface area contributed by atoms with Gasteiger partial charge < -0.3 is 9.47 Å². The van der Waals surface area contributed by atoms with Crippen molar-refractivity contribution in [3.8, 4) is 0 Å². The molecule has 1 spiro atoms. The monoisotopic (exact) mass is 276 g/mol. The van der Waals surface area contributed by atoms with Gasteiger partial charge in [0, 0.05) is 18.2 Å². The van der Waals surface area contributed by atoms with Crippen LogP contribution in [0.3, 0.4) is 0 Å². The molecule has 0 aromatic heterocycles. The molecule has 0 N–H and O–H groups in total. The fraction of sp³-hybridized carbons (Fsp3) is 1.00. The number of unbranched alkanes of at least 4 members (excludes halogenated alkanes) is 1. The molecule has 88 valence electrons. The van der Waals surface area contributed by atoms with Crippen molar-refractivity contribution in [2.45, 2.75) is 57.3 Å². The van der Waals surface area contributed by atoms with Crippen LogP contribution in [0.15, 0.2) is 0 Å². The molecule has 2 rings (SSSR count). The van der Waals surface area contributed by atoms with E-state index in [0.29, 0.717) is 6.10 Å². The quantitative estimate of drug-likeness (QED) is 0.716. The third kappa shape index (κ3) is 2.75. The van der Waals surface area contributed by atoms with Crippen LogP contribution in [0.25, 0.3) is 0 Å². The summed E-state index contributed by atoms with van der Waals surface area (Å²) in [5.74, 6) is 0.653. The first kappa shape index (κ1) is 11.9. The zero-order valence-corrected chi connectivity index (χ0v) is 11.1. The van der Waals surface area contributed by atoms with E-state index in [2.05, 4.69) is 22.9 Å². The molecule has 1 saturated heterocycles. The van der Waals surface area contributed by atoms with E-state index in [4.69, 9.17) is 9.47 Å². The number of hydrogen-bond acceptors (Lipinski definition) is 2. The van der Waals surface area contributed by atoms with Crippen molar-refractivity contribution in [3.05, 3.63) is 0 Å². The lowest BCUT2D eigenvalue weighted by atomic mass is 9.77. The van der Waals surface area contributed by atoms with Gasteiger partial charge in [0.2, 0.25) is 0 Å². The molecule has 1 atom stereocenters. The third-order valence-electron chi connectivity index (χ3n) is 3.51. The van der Waals surface area contributed by atoms with Gasteiger partial charge in [0.25, 0.3) is 0 Å². The van der Waals surface area contributed by atoms with E-state index in [1.165, 1.54) is 25.7 Å². The Labute approximate surface area is 101 Å². The zero-order chi connectivity index (χ0) is 10.7. The fourth-order valence-electron chi connectivity index (χ4n) is 2.58. The molecular weight excluding hydrogens is 256 g/mol. The molecule has 2 fully saturated rings. The average molecular weight is 277 g/mol. The predicted octanol–water partition coefficient (Wildman–Crippen LogP) is 3.48. The summed E-state index contributed by atoms with van der Waals surface area (Å²) in [7, 11) is 0. The topological polar surface area (TPSA) is 18.5 Å². The van der Waals surface area contributed by atoms with Crippen LogP contribution in [-0.4, -0.2) is 23.8 Å². The Morgan fingerprint density at radius 1 is 1.33 bits per heavy atom. The predicted molar refractivity (Wildman–Crippen MR) is 64.2 cm³/mol. The Balaban J connectivity index is 1.70. The second-order valence-corrected chi connectivity index (χ2v) is 5.65. The van der Waals surface area contributed by atoms with Gasteiger partial charge in [-0.25, -0.2) is 0 Å². The van der Waals surface area contributed by atoms with Crippen LogP contribution in [0.5, 0.6) is 0 Å². The van der Waals surface area contributed by atoms with Gasteiger partial charge in [0.15, 0.2) is 5.79 Å². The van der Waals surface area contributed by atoms with Crippen LogP contribution in [0.2, 0.25) is 0 Å².